The van der Waals surface area contributed by atoms with E-state index in [1.165, 1.54) is 5.56 Å². The second-order valence-corrected chi connectivity index (χ2v) is 15.9. The van der Waals surface area contributed by atoms with Gasteiger partial charge in [-0.1, -0.05) is 158 Å². The number of hydrogen-bond acceptors (Lipinski definition) is 5. The van der Waals surface area contributed by atoms with Crippen LogP contribution in [-0.4, -0.2) is 15.0 Å². The Morgan fingerprint density at radius 2 is 0.774 bits per heavy atom. The summed E-state index contributed by atoms with van der Waals surface area (Å²) in [7, 11) is 0. The van der Waals surface area contributed by atoms with Gasteiger partial charge in [-0.3, -0.25) is 0 Å². The first-order valence-electron chi connectivity index (χ1n) is 20.8. The smallest absolute Gasteiger partial charge is 0.164 e. The van der Waals surface area contributed by atoms with Gasteiger partial charge in [0.25, 0.3) is 0 Å². The van der Waals surface area contributed by atoms with Crippen LogP contribution >= 0.6 is 0 Å². The molecule has 5 nitrogen and oxygen atoms in total. The molecule has 13 aromatic rings. The Morgan fingerprint density at radius 1 is 0.258 bits per heavy atom. The Morgan fingerprint density at radius 3 is 1.55 bits per heavy atom. The van der Waals surface area contributed by atoms with E-state index in [0.717, 1.165) is 110 Å². The molecule has 0 spiro atoms. The molecule has 0 atom stereocenters. The highest BCUT2D eigenvalue weighted by molar-refractivity contribution is 6.19. The van der Waals surface area contributed by atoms with Gasteiger partial charge in [0.05, 0.1) is 0 Å². The highest BCUT2D eigenvalue weighted by Gasteiger charge is 2.19. The van der Waals surface area contributed by atoms with Crippen LogP contribution < -0.4 is 0 Å². The second kappa shape index (κ2) is 13.6. The lowest BCUT2D eigenvalue weighted by atomic mass is 9.93. The topological polar surface area (TPSA) is 65.0 Å². The first kappa shape index (κ1) is 34.5. The van der Waals surface area contributed by atoms with E-state index in [9.17, 15) is 0 Å². The van der Waals surface area contributed by atoms with Crippen LogP contribution in [0.5, 0.6) is 0 Å². The maximum absolute atomic E-state index is 6.32. The van der Waals surface area contributed by atoms with Crippen LogP contribution in [-0.2, 0) is 0 Å². The van der Waals surface area contributed by atoms with Crippen molar-refractivity contribution in [2.24, 2.45) is 0 Å². The van der Waals surface area contributed by atoms with Gasteiger partial charge < -0.3 is 8.83 Å². The number of para-hydroxylation sites is 2. The van der Waals surface area contributed by atoms with Crippen LogP contribution in [0.15, 0.2) is 209 Å². The molecule has 0 saturated carbocycles. The lowest BCUT2D eigenvalue weighted by Gasteiger charge is -2.13. The van der Waals surface area contributed by atoms with Crippen molar-refractivity contribution in [2.75, 3.05) is 0 Å². The van der Waals surface area contributed by atoms with Crippen molar-refractivity contribution in [3.63, 3.8) is 0 Å². The van der Waals surface area contributed by atoms with Crippen molar-refractivity contribution in [1.29, 1.82) is 0 Å². The van der Waals surface area contributed by atoms with Gasteiger partial charge in [0.15, 0.2) is 17.5 Å². The van der Waals surface area contributed by atoms with E-state index in [-0.39, 0.29) is 0 Å². The molecule has 0 fully saturated rings. The zero-order valence-electron chi connectivity index (χ0n) is 33.2. The largest absolute Gasteiger partial charge is 0.456 e. The van der Waals surface area contributed by atoms with Gasteiger partial charge in [0.1, 0.15) is 22.3 Å². The molecule has 0 unspecified atom stereocenters. The number of benzene rings is 10. The van der Waals surface area contributed by atoms with Gasteiger partial charge >= 0.3 is 0 Å². The summed E-state index contributed by atoms with van der Waals surface area (Å²) in [4.78, 5) is 15.9. The van der Waals surface area contributed by atoms with E-state index in [1.54, 1.807) is 0 Å². The number of furan rings is 2. The fourth-order valence-electron chi connectivity index (χ4n) is 9.37. The molecule has 3 aromatic heterocycles. The van der Waals surface area contributed by atoms with Gasteiger partial charge in [0, 0.05) is 38.2 Å². The molecule has 62 heavy (non-hydrogen) atoms. The molecule has 0 aliphatic heterocycles. The predicted octanol–water partition coefficient (Wildman–Crippen LogP) is 15.5. The summed E-state index contributed by atoms with van der Waals surface area (Å²) in [5.74, 6) is 1.80. The fraction of sp³-hybridized carbons (Fsp3) is 0. The highest BCUT2D eigenvalue weighted by atomic mass is 16.3. The summed E-state index contributed by atoms with van der Waals surface area (Å²) in [6.45, 7) is 0. The van der Waals surface area contributed by atoms with Crippen LogP contribution in [0.4, 0.5) is 0 Å². The van der Waals surface area contributed by atoms with Crippen LogP contribution in [0.25, 0.3) is 133 Å². The molecular weight excluding hydrogens is 759 g/mol. The number of fused-ring (bicyclic) bond motifs is 10. The van der Waals surface area contributed by atoms with Crippen molar-refractivity contribution in [2.45, 2.75) is 0 Å². The Bertz CT molecular complexity index is 3940. The molecule has 3 heterocycles. The average molecular weight is 792 g/mol. The average Bonchev–Trinajstić information content (AvgIpc) is 3.92. The third kappa shape index (κ3) is 5.45. The molecular formula is C57H33N3O2. The number of hydrogen-bond donors (Lipinski definition) is 0. The summed E-state index contributed by atoms with van der Waals surface area (Å²) in [5, 5.41) is 11.0. The van der Waals surface area contributed by atoms with Gasteiger partial charge in [-0.2, -0.15) is 0 Å². The molecule has 0 bridgehead atoms. The fourth-order valence-corrected chi connectivity index (χ4v) is 9.37. The Balaban J connectivity index is 1.03. The molecule has 0 aliphatic carbocycles. The number of aromatic nitrogens is 3. The SMILES string of the molecule is c1ccc(-c2ccc3ccc(-c4nc(-c5ccc6ccc7oc8ccccc8c7c6c5)nc(-c5cccc6c(-c7cccc8oc9ccccc9c78)cccc56)n4)cc3c2)cc1. The monoisotopic (exact) mass is 791 g/mol. The van der Waals surface area contributed by atoms with E-state index >= 15 is 0 Å². The third-order valence-corrected chi connectivity index (χ3v) is 12.3. The zero-order valence-corrected chi connectivity index (χ0v) is 33.2. The maximum atomic E-state index is 6.32. The van der Waals surface area contributed by atoms with E-state index < -0.39 is 0 Å². The van der Waals surface area contributed by atoms with Crippen molar-refractivity contribution in [3.8, 4) is 56.4 Å². The highest BCUT2D eigenvalue weighted by Crippen LogP contribution is 2.42. The van der Waals surface area contributed by atoms with E-state index in [0.29, 0.717) is 17.5 Å². The minimum atomic E-state index is 0.595. The number of nitrogens with zero attached hydrogens (tertiary/aromatic N) is 3. The molecule has 10 aromatic carbocycles. The van der Waals surface area contributed by atoms with Crippen molar-refractivity contribution in [1.82, 2.24) is 15.0 Å². The maximum Gasteiger partial charge on any atom is 0.164 e. The van der Waals surface area contributed by atoms with Gasteiger partial charge in [-0.05, 0) is 97.0 Å². The Labute approximate surface area is 355 Å². The molecule has 0 N–H and O–H groups in total. The molecule has 288 valence electrons. The first-order valence-corrected chi connectivity index (χ1v) is 20.8. The van der Waals surface area contributed by atoms with Crippen LogP contribution in [0.3, 0.4) is 0 Å². The quantitative estimate of drug-likeness (QED) is 0.174. The number of rotatable bonds is 5. The minimum absolute atomic E-state index is 0.595. The van der Waals surface area contributed by atoms with Crippen molar-refractivity contribution < 1.29 is 8.83 Å². The third-order valence-electron chi connectivity index (χ3n) is 12.3. The summed E-state index contributed by atoms with van der Waals surface area (Å²) in [6, 6.07) is 69.9. The molecule has 13 rings (SSSR count). The van der Waals surface area contributed by atoms with E-state index in [4.69, 9.17) is 23.8 Å². The van der Waals surface area contributed by atoms with E-state index in [1.807, 2.05) is 36.4 Å². The van der Waals surface area contributed by atoms with Crippen LogP contribution in [0.1, 0.15) is 0 Å². The second-order valence-electron chi connectivity index (χ2n) is 15.9. The molecule has 0 aliphatic rings. The van der Waals surface area contributed by atoms with E-state index in [2.05, 4.69) is 164 Å². The van der Waals surface area contributed by atoms with Gasteiger partial charge in [-0.15, -0.1) is 0 Å². The Kier molecular flexibility index (Phi) is 7.54. The van der Waals surface area contributed by atoms with Crippen LogP contribution in [0, 0.1) is 0 Å². The predicted molar refractivity (Wildman–Crippen MR) is 254 cm³/mol. The normalized spacial score (nSPS) is 11.9. The summed E-state index contributed by atoms with van der Waals surface area (Å²) >= 11 is 0. The zero-order chi connectivity index (χ0) is 40.7. The van der Waals surface area contributed by atoms with Crippen LogP contribution in [0.2, 0.25) is 0 Å². The molecule has 0 radical (unpaired) electrons. The van der Waals surface area contributed by atoms with Gasteiger partial charge in [0.2, 0.25) is 0 Å². The lowest BCUT2D eigenvalue weighted by Crippen LogP contribution is -2.01. The standard InChI is InChI=1S/C57H33N3O2/c1-2-11-34(12-3-1)37-26-23-35-24-27-38(32-40(35)31-37)55-58-56(39-28-25-36-29-30-52-54(48(36)33-39)47-14-5-7-21-50(47)62-52)60-57(59-55)45-19-9-15-41-42(16-8-17-43(41)45)44-18-10-22-51-53(44)46-13-4-6-20-49(46)61-51/h1-33H. The summed E-state index contributed by atoms with van der Waals surface area (Å²) in [5.41, 5.74) is 10.8. The molecule has 0 saturated heterocycles. The lowest BCUT2D eigenvalue weighted by molar-refractivity contribution is 0.668. The Hall–Kier alpha value is -8.41. The molecule has 0 amide bonds. The van der Waals surface area contributed by atoms with Crippen molar-refractivity contribution >= 4 is 76.2 Å². The first-order chi connectivity index (χ1) is 30.7. The minimum Gasteiger partial charge on any atom is -0.456 e. The molecule has 5 heteroatoms. The summed E-state index contributed by atoms with van der Waals surface area (Å²) < 4.78 is 12.6. The summed E-state index contributed by atoms with van der Waals surface area (Å²) in [6.07, 6.45) is 0. The van der Waals surface area contributed by atoms with Gasteiger partial charge in [-0.25, -0.2) is 15.0 Å². The van der Waals surface area contributed by atoms with Crippen molar-refractivity contribution in [3.05, 3.63) is 200 Å².